The zero-order valence-electron chi connectivity index (χ0n) is 12.4. The van der Waals surface area contributed by atoms with Gasteiger partial charge in [-0.2, -0.15) is 11.1 Å². The standard InChI is InChI=1S/C9H13.C6H6O.CH2.2ClH.Zr/c1-6-5-7(2)9(4)8(6)3;7-6-4-2-1-3-5-6;;;;/h6H,1-4H3;1-5,7H;1H2;2*1H;/q-1;;;;;. The molecule has 4 heteroatoms. The average molecular weight is 393 g/mol. The van der Waals surface area contributed by atoms with Gasteiger partial charge in [0.05, 0.1) is 0 Å². The monoisotopic (exact) mass is 391 g/mol. The van der Waals surface area contributed by atoms with Crippen LogP contribution in [0, 0.1) is 12.0 Å². The molecule has 2 rings (SSSR count). The van der Waals surface area contributed by atoms with Crippen LogP contribution in [-0.2, 0) is 24.2 Å². The molecule has 0 saturated heterocycles. The minimum absolute atomic E-state index is 0. The third-order valence-corrected chi connectivity index (χ3v) is 2.99. The van der Waals surface area contributed by atoms with Gasteiger partial charge in [-0.05, 0) is 12.1 Å². The van der Waals surface area contributed by atoms with Gasteiger partial charge in [0, 0.05) is 0 Å². The number of aromatic hydroxyl groups is 1. The van der Waals surface area contributed by atoms with Crippen LogP contribution in [0.25, 0.3) is 0 Å². The first kappa shape index (κ1) is 24.8. The fourth-order valence-electron chi connectivity index (χ4n) is 1.59. The Kier molecular flexibility index (Phi) is 17.1. The Bertz CT molecular complexity index is 427. The Morgan fingerprint density at radius 3 is 1.65 bits per heavy atom. The fraction of sp³-hybridized carbons (Fsp3) is 0.312. The molecule has 0 bridgehead atoms. The van der Waals surface area contributed by atoms with E-state index in [9.17, 15) is 0 Å². The number of benzene rings is 1. The van der Waals surface area contributed by atoms with Crippen LogP contribution in [0.1, 0.15) is 27.7 Å². The van der Waals surface area contributed by atoms with Crippen LogP contribution < -0.4 is 0 Å². The second-order valence-electron chi connectivity index (χ2n) is 4.13. The van der Waals surface area contributed by atoms with Crippen molar-refractivity contribution in [3.63, 3.8) is 0 Å². The van der Waals surface area contributed by atoms with Gasteiger partial charge in [-0.25, -0.2) is 5.57 Å². The van der Waals surface area contributed by atoms with E-state index in [0.717, 1.165) is 0 Å². The summed E-state index contributed by atoms with van der Waals surface area (Å²) < 4.78 is 3.34. The molecule has 0 aliphatic heterocycles. The van der Waals surface area contributed by atoms with Gasteiger partial charge in [-0.3, -0.25) is 6.08 Å². The van der Waals surface area contributed by atoms with Crippen molar-refractivity contribution in [2.75, 3.05) is 0 Å². The van der Waals surface area contributed by atoms with E-state index < -0.39 is 0 Å². The quantitative estimate of drug-likeness (QED) is 0.620. The molecule has 1 unspecified atom stereocenters. The van der Waals surface area contributed by atoms with E-state index in [1.165, 1.54) is 41.0 Å². The van der Waals surface area contributed by atoms with Crippen molar-refractivity contribution in [3.8, 4) is 5.75 Å². The van der Waals surface area contributed by atoms with Crippen molar-refractivity contribution in [1.82, 2.24) is 0 Å². The first-order valence-corrected chi connectivity index (χ1v) is 7.63. The summed E-state index contributed by atoms with van der Waals surface area (Å²) in [5, 5.41) is 8.63. The van der Waals surface area contributed by atoms with Gasteiger partial charge in [0.15, 0.2) is 0 Å². The van der Waals surface area contributed by atoms with E-state index in [0.29, 0.717) is 11.7 Å². The number of hydrogen-bond acceptors (Lipinski definition) is 1. The summed E-state index contributed by atoms with van der Waals surface area (Å²) in [6, 6.07) is 8.71. The summed E-state index contributed by atoms with van der Waals surface area (Å²) in [6.45, 7) is 8.67. The molecule has 112 valence electrons. The maximum atomic E-state index is 8.63. The van der Waals surface area contributed by atoms with E-state index in [1.54, 1.807) is 24.3 Å². The third-order valence-electron chi connectivity index (χ3n) is 2.99. The van der Waals surface area contributed by atoms with Gasteiger partial charge in [0.1, 0.15) is 5.75 Å². The first-order chi connectivity index (χ1) is 8.52. The van der Waals surface area contributed by atoms with Gasteiger partial charge in [0.2, 0.25) is 0 Å². The number of allylic oxidation sites excluding steroid dienone is 4. The van der Waals surface area contributed by atoms with E-state index in [-0.39, 0.29) is 24.8 Å². The molecule has 1 aromatic rings. The molecule has 0 spiro atoms. The molecule has 1 aromatic carbocycles. The molecule has 1 nitrogen and oxygen atoms in total. The zero-order valence-corrected chi connectivity index (χ0v) is 16.5. The normalized spacial score (nSPS) is 15.3. The van der Waals surface area contributed by atoms with Gasteiger partial charge < -0.3 is 5.11 Å². The van der Waals surface area contributed by atoms with Crippen LogP contribution >= 0.6 is 24.8 Å². The predicted octanol–water partition coefficient (Wildman–Crippen LogP) is 4.92. The summed E-state index contributed by atoms with van der Waals surface area (Å²) in [5.74, 6) is 0.882. The van der Waals surface area contributed by atoms with E-state index >= 15 is 0 Å². The van der Waals surface area contributed by atoms with Gasteiger partial charge >= 0.3 is 28.4 Å². The summed E-state index contributed by atoms with van der Waals surface area (Å²) in [7, 11) is 0. The molecule has 1 atom stereocenters. The molecule has 0 saturated carbocycles. The molecule has 1 N–H and O–H groups in total. The van der Waals surface area contributed by atoms with E-state index in [2.05, 4.69) is 38.0 Å². The Morgan fingerprint density at radius 1 is 1.05 bits per heavy atom. The number of rotatable bonds is 0. The second-order valence-corrected chi connectivity index (χ2v) is 4.13. The van der Waals surface area contributed by atoms with Gasteiger partial charge in [-0.15, -0.1) is 31.7 Å². The fourth-order valence-corrected chi connectivity index (χ4v) is 1.59. The Balaban J connectivity index is -0.000000240. The van der Waals surface area contributed by atoms with Crippen molar-refractivity contribution in [1.29, 1.82) is 0 Å². The molecule has 0 amide bonds. The molecular formula is C16H23Cl2OZr-. The van der Waals surface area contributed by atoms with Crippen molar-refractivity contribution >= 4 is 29.0 Å². The molecule has 0 heterocycles. The zero-order chi connectivity index (χ0) is 14.1. The first-order valence-electron chi connectivity index (χ1n) is 5.89. The van der Waals surface area contributed by atoms with Crippen LogP contribution in [0.2, 0.25) is 0 Å². The number of phenolic OH excluding ortho intramolecular Hbond substituents is 1. The van der Waals surface area contributed by atoms with Gasteiger partial charge in [-0.1, -0.05) is 44.9 Å². The van der Waals surface area contributed by atoms with Crippen LogP contribution in [0.5, 0.6) is 5.75 Å². The maximum absolute atomic E-state index is 8.63. The van der Waals surface area contributed by atoms with Crippen molar-refractivity contribution in [2.24, 2.45) is 5.92 Å². The topological polar surface area (TPSA) is 20.2 Å². The van der Waals surface area contributed by atoms with E-state index in [1.807, 2.05) is 6.07 Å². The number of halogens is 2. The second kappa shape index (κ2) is 13.8. The molecule has 0 aromatic heterocycles. The van der Waals surface area contributed by atoms with Gasteiger partial charge in [0.25, 0.3) is 0 Å². The Labute approximate surface area is 150 Å². The van der Waals surface area contributed by atoms with Crippen LogP contribution in [0.15, 0.2) is 47.1 Å². The van der Waals surface area contributed by atoms with Crippen molar-refractivity contribution in [3.05, 3.63) is 53.1 Å². The van der Waals surface area contributed by atoms with E-state index in [4.69, 9.17) is 5.11 Å². The molecular weight excluding hydrogens is 370 g/mol. The summed E-state index contributed by atoms with van der Waals surface area (Å²) >= 11 is 1.30. The van der Waals surface area contributed by atoms with Crippen molar-refractivity contribution in [2.45, 2.75) is 27.7 Å². The van der Waals surface area contributed by atoms with Crippen LogP contribution in [-0.4, -0.2) is 9.32 Å². The number of phenols is 1. The summed E-state index contributed by atoms with van der Waals surface area (Å²) in [5.41, 5.74) is 4.25. The summed E-state index contributed by atoms with van der Waals surface area (Å²) in [4.78, 5) is 0. The van der Waals surface area contributed by atoms with Crippen molar-refractivity contribution < 1.29 is 29.3 Å². The number of hydrogen-bond donors (Lipinski definition) is 1. The Hall–Kier alpha value is -0.167. The molecule has 0 fully saturated rings. The third kappa shape index (κ3) is 8.90. The predicted molar refractivity (Wildman–Crippen MR) is 89.7 cm³/mol. The number of para-hydroxylation sites is 1. The van der Waals surface area contributed by atoms with Crippen LogP contribution in [0.3, 0.4) is 0 Å². The average Bonchev–Trinajstić information content (AvgIpc) is 2.60. The van der Waals surface area contributed by atoms with Crippen LogP contribution in [0.4, 0.5) is 0 Å². The molecule has 20 heavy (non-hydrogen) atoms. The SMILES string of the molecule is CC1=[C-]C(C)C(C)=C1C.Cl.Cl.Oc1ccccc1.[CH2]=[Zr]. The molecule has 1 aliphatic carbocycles. The summed E-state index contributed by atoms with van der Waals surface area (Å²) in [6.07, 6.45) is 3.36. The molecule has 1 aliphatic rings. The minimum atomic E-state index is 0. The Morgan fingerprint density at radius 2 is 1.50 bits per heavy atom. The molecule has 0 radical (unpaired) electrons.